The number of nitrogens with zero attached hydrogens (tertiary/aromatic N) is 4. The van der Waals surface area contributed by atoms with E-state index in [4.69, 9.17) is 9.15 Å². The first-order valence-corrected chi connectivity index (χ1v) is 8.05. The van der Waals surface area contributed by atoms with Gasteiger partial charge in [-0.1, -0.05) is 13.8 Å². The average Bonchev–Trinajstić information content (AvgIpc) is 3.15. The number of hydrogen-bond acceptors (Lipinski definition) is 7. The Morgan fingerprint density at radius 1 is 1.45 bits per heavy atom. The molecule has 0 bridgehead atoms. The SMILES string of the molecule is Cc1nscc1C(=O)N1CCO[C@H](c2nnc(C(C)C)o2)C1. The van der Waals surface area contributed by atoms with Crippen LogP contribution in [0.1, 0.15) is 53.7 Å². The third kappa shape index (κ3) is 2.89. The lowest BCUT2D eigenvalue weighted by Crippen LogP contribution is -2.42. The minimum absolute atomic E-state index is 0.0249. The molecule has 118 valence electrons. The fourth-order valence-electron chi connectivity index (χ4n) is 2.26. The van der Waals surface area contributed by atoms with Crippen molar-refractivity contribution >= 4 is 17.4 Å². The van der Waals surface area contributed by atoms with Gasteiger partial charge in [-0.05, 0) is 18.5 Å². The first kappa shape index (κ1) is 15.1. The van der Waals surface area contributed by atoms with Gasteiger partial charge in [0.2, 0.25) is 11.8 Å². The molecule has 1 atom stereocenters. The number of carbonyl (C=O) groups excluding carboxylic acids is 1. The molecule has 0 saturated carbocycles. The fourth-order valence-corrected chi connectivity index (χ4v) is 2.95. The maximum Gasteiger partial charge on any atom is 0.256 e. The third-order valence-electron chi connectivity index (χ3n) is 3.56. The Morgan fingerprint density at radius 3 is 2.91 bits per heavy atom. The lowest BCUT2D eigenvalue weighted by atomic mass is 10.2. The second-order valence-electron chi connectivity index (χ2n) is 5.56. The van der Waals surface area contributed by atoms with E-state index in [0.717, 1.165) is 5.69 Å². The predicted octanol–water partition coefficient (Wildman–Crippen LogP) is 2.17. The Labute approximate surface area is 132 Å². The zero-order valence-electron chi connectivity index (χ0n) is 12.8. The van der Waals surface area contributed by atoms with Crippen LogP contribution < -0.4 is 0 Å². The smallest absolute Gasteiger partial charge is 0.256 e. The van der Waals surface area contributed by atoms with Gasteiger partial charge in [-0.2, -0.15) is 4.37 Å². The van der Waals surface area contributed by atoms with Gasteiger partial charge >= 0.3 is 0 Å². The van der Waals surface area contributed by atoms with Gasteiger partial charge in [-0.3, -0.25) is 4.79 Å². The van der Waals surface area contributed by atoms with Gasteiger partial charge in [-0.25, -0.2) is 0 Å². The van der Waals surface area contributed by atoms with E-state index in [-0.39, 0.29) is 17.9 Å². The van der Waals surface area contributed by atoms with E-state index in [1.807, 2.05) is 20.8 Å². The Hall–Kier alpha value is -1.80. The normalized spacial score (nSPS) is 18.9. The molecule has 3 rings (SSSR count). The summed E-state index contributed by atoms with van der Waals surface area (Å²) in [6.07, 6.45) is -0.371. The number of ether oxygens (including phenoxy) is 1. The zero-order valence-corrected chi connectivity index (χ0v) is 13.6. The molecule has 0 aliphatic carbocycles. The summed E-state index contributed by atoms with van der Waals surface area (Å²) in [5, 5.41) is 9.85. The summed E-state index contributed by atoms with van der Waals surface area (Å²) >= 11 is 1.29. The molecular formula is C14H18N4O3S. The molecule has 1 fully saturated rings. The highest BCUT2D eigenvalue weighted by Gasteiger charge is 2.30. The van der Waals surface area contributed by atoms with Crippen molar-refractivity contribution in [1.82, 2.24) is 19.5 Å². The van der Waals surface area contributed by atoms with Crippen LogP contribution in [0, 0.1) is 6.92 Å². The molecule has 1 aliphatic heterocycles. The Balaban J connectivity index is 1.73. The fraction of sp³-hybridized carbons (Fsp3) is 0.571. The van der Waals surface area contributed by atoms with Crippen molar-refractivity contribution in [2.75, 3.05) is 19.7 Å². The molecular weight excluding hydrogens is 304 g/mol. The van der Waals surface area contributed by atoms with E-state index in [1.54, 1.807) is 10.3 Å². The van der Waals surface area contributed by atoms with Crippen LogP contribution in [-0.2, 0) is 4.74 Å². The minimum Gasteiger partial charge on any atom is -0.422 e. The van der Waals surface area contributed by atoms with Crippen molar-refractivity contribution in [3.05, 3.63) is 28.4 Å². The third-order valence-corrected chi connectivity index (χ3v) is 4.28. The molecule has 3 heterocycles. The summed E-state index contributed by atoms with van der Waals surface area (Å²) in [6.45, 7) is 7.23. The summed E-state index contributed by atoms with van der Waals surface area (Å²) in [5.41, 5.74) is 1.41. The Bertz CT molecular complexity index is 667. The number of hydrogen-bond donors (Lipinski definition) is 0. The van der Waals surface area contributed by atoms with Crippen molar-refractivity contribution in [2.24, 2.45) is 0 Å². The van der Waals surface area contributed by atoms with Crippen LogP contribution in [0.15, 0.2) is 9.80 Å². The lowest BCUT2D eigenvalue weighted by molar-refractivity contribution is -0.0351. The molecule has 2 aromatic heterocycles. The zero-order chi connectivity index (χ0) is 15.7. The Kier molecular flexibility index (Phi) is 4.21. The molecule has 7 nitrogen and oxygen atoms in total. The molecule has 0 unspecified atom stereocenters. The minimum atomic E-state index is -0.371. The Morgan fingerprint density at radius 2 is 2.27 bits per heavy atom. The summed E-state index contributed by atoms with van der Waals surface area (Å²) in [6, 6.07) is 0. The van der Waals surface area contributed by atoms with Crippen LogP contribution >= 0.6 is 11.5 Å². The molecule has 0 N–H and O–H groups in total. The van der Waals surface area contributed by atoms with Gasteiger partial charge in [0, 0.05) is 17.8 Å². The van der Waals surface area contributed by atoms with Crippen LogP contribution in [-0.4, -0.2) is 45.1 Å². The van der Waals surface area contributed by atoms with Crippen LogP contribution in [0.4, 0.5) is 0 Å². The van der Waals surface area contributed by atoms with E-state index in [9.17, 15) is 4.79 Å². The monoisotopic (exact) mass is 322 g/mol. The molecule has 22 heavy (non-hydrogen) atoms. The molecule has 2 aromatic rings. The average molecular weight is 322 g/mol. The maximum atomic E-state index is 12.5. The van der Waals surface area contributed by atoms with E-state index in [0.29, 0.717) is 37.0 Å². The van der Waals surface area contributed by atoms with Crippen molar-refractivity contribution in [2.45, 2.75) is 32.8 Å². The van der Waals surface area contributed by atoms with Crippen LogP contribution in [0.2, 0.25) is 0 Å². The molecule has 8 heteroatoms. The maximum absolute atomic E-state index is 12.5. The highest BCUT2D eigenvalue weighted by Crippen LogP contribution is 2.24. The predicted molar refractivity (Wildman–Crippen MR) is 79.8 cm³/mol. The number of morpholine rings is 1. The van der Waals surface area contributed by atoms with Crippen LogP contribution in [0.25, 0.3) is 0 Å². The van der Waals surface area contributed by atoms with Gasteiger partial charge in [0.25, 0.3) is 5.91 Å². The second kappa shape index (κ2) is 6.13. The van der Waals surface area contributed by atoms with Crippen LogP contribution in [0.3, 0.4) is 0 Å². The molecule has 0 spiro atoms. The number of rotatable bonds is 3. The molecule has 0 aromatic carbocycles. The molecule has 0 radical (unpaired) electrons. The van der Waals surface area contributed by atoms with Gasteiger partial charge in [0.15, 0.2) is 6.10 Å². The van der Waals surface area contributed by atoms with Gasteiger partial charge in [0.1, 0.15) is 0 Å². The standard InChI is InChI=1S/C14H18N4O3S/c1-8(2)12-15-16-13(21-12)11-6-18(4-5-20-11)14(19)10-7-22-17-9(10)3/h7-8,11H,4-6H2,1-3H3/t11-/m0/s1. The summed E-state index contributed by atoms with van der Waals surface area (Å²) in [7, 11) is 0. The molecule has 1 aliphatic rings. The van der Waals surface area contributed by atoms with Gasteiger partial charge in [0.05, 0.1) is 24.4 Å². The second-order valence-corrected chi connectivity index (χ2v) is 6.19. The van der Waals surface area contributed by atoms with Crippen molar-refractivity contribution < 1.29 is 13.9 Å². The van der Waals surface area contributed by atoms with E-state index >= 15 is 0 Å². The van der Waals surface area contributed by atoms with Crippen LogP contribution in [0.5, 0.6) is 0 Å². The summed E-state index contributed by atoms with van der Waals surface area (Å²) in [5.74, 6) is 1.16. The van der Waals surface area contributed by atoms with Gasteiger partial charge in [-0.15, -0.1) is 10.2 Å². The number of aromatic nitrogens is 3. The molecule has 1 amide bonds. The molecule has 1 saturated heterocycles. The highest BCUT2D eigenvalue weighted by molar-refractivity contribution is 7.03. The number of carbonyl (C=O) groups is 1. The van der Waals surface area contributed by atoms with Crippen molar-refractivity contribution in [3.8, 4) is 0 Å². The quantitative estimate of drug-likeness (QED) is 0.861. The summed E-state index contributed by atoms with van der Waals surface area (Å²) in [4.78, 5) is 14.3. The van der Waals surface area contributed by atoms with E-state index < -0.39 is 0 Å². The first-order chi connectivity index (χ1) is 10.6. The van der Waals surface area contributed by atoms with E-state index in [2.05, 4.69) is 14.6 Å². The van der Waals surface area contributed by atoms with Crippen molar-refractivity contribution in [3.63, 3.8) is 0 Å². The van der Waals surface area contributed by atoms with Gasteiger partial charge < -0.3 is 14.1 Å². The number of aryl methyl sites for hydroxylation is 1. The van der Waals surface area contributed by atoms with Crippen molar-refractivity contribution in [1.29, 1.82) is 0 Å². The number of amides is 1. The lowest BCUT2D eigenvalue weighted by Gasteiger charge is -2.31. The largest absolute Gasteiger partial charge is 0.422 e. The highest BCUT2D eigenvalue weighted by atomic mass is 32.1. The van der Waals surface area contributed by atoms with E-state index in [1.165, 1.54) is 11.5 Å². The topological polar surface area (TPSA) is 81.4 Å². The first-order valence-electron chi connectivity index (χ1n) is 7.21. The summed E-state index contributed by atoms with van der Waals surface area (Å²) < 4.78 is 15.5.